The van der Waals surface area contributed by atoms with Crippen molar-refractivity contribution >= 4 is 23.4 Å². The Labute approximate surface area is 151 Å². The van der Waals surface area contributed by atoms with Crippen molar-refractivity contribution in [1.82, 2.24) is 9.97 Å². The third-order valence-corrected chi connectivity index (χ3v) is 5.62. The second-order valence-electron chi connectivity index (χ2n) is 5.81. The van der Waals surface area contributed by atoms with E-state index >= 15 is 0 Å². The molecule has 2 rings (SSSR count). The first kappa shape index (κ1) is 19.0. The summed E-state index contributed by atoms with van der Waals surface area (Å²) in [6.07, 6.45) is 1.57. The summed E-state index contributed by atoms with van der Waals surface area (Å²) in [5.74, 6) is -0.718. The van der Waals surface area contributed by atoms with Gasteiger partial charge in [-0.1, -0.05) is 50.2 Å². The smallest absolute Gasteiger partial charge is 0.254 e. The molecule has 0 fully saturated rings. The van der Waals surface area contributed by atoms with E-state index in [-0.39, 0.29) is 17.3 Å². The van der Waals surface area contributed by atoms with Gasteiger partial charge in [-0.2, -0.15) is 0 Å². The zero-order chi connectivity index (χ0) is 17.9. The molecule has 0 aliphatic rings. The molecule has 2 aromatic rings. The predicted molar refractivity (Wildman–Crippen MR) is 98.7 cm³/mol. The van der Waals surface area contributed by atoms with Gasteiger partial charge in [-0.05, 0) is 31.9 Å². The number of aromatic amines is 1. The fourth-order valence-corrected chi connectivity index (χ4v) is 3.72. The third-order valence-electron chi connectivity index (χ3n) is 4.14. The highest BCUT2D eigenvalue weighted by atomic mass is 35.5. The molecule has 1 N–H and O–H groups in total. The van der Waals surface area contributed by atoms with Gasteiger partial charge in [0.25, 0.3) is 5.56 Å². The highest BCUT2D eigenvalue weighted by molar-refractivity contribution is 7.99. The van der Waals surface area contributed by atoms with E-state index in [1.165, 1.54) is 17.8 Å². The molecule has 0 saturated carbocycles. The Morgan fingerprint density at radius 2 is 2.04 bits per heavy atom. The number of rotatable bonds is 6. The lowest BCUT2D eigenvalue weighted by molar-refractivity contribution is 0.585. The minimum absolute atomic E-state index is 0.184. The third kappa shape index (κ3) is 4.01. The Bertz CT molecular complexity index is 758. The van der Waals surface area contributed by atoms with Crippen molar-refractivity contribution in [2.24, 2.45) is 0 Å². The lowest BCUT2D eigenvalue weighted by Crippen LogP contribution is -2.19. The van der Waals surface area contributed by atoms with E-state index in [0.29, 0.717) is 38.7 Å². The molecule has 0 saturated heterocycles. The van der Waals surface area contributed by atoms with Crippen molar-refractivity contribution in [3.8, 4) is 0 Å². The summed E-state index contributed by atoms with van der Waals surface area (Å²) in [4.78, 5) is 19.8. The lowest BCUT2D eigenvalue weighted by Gasteiger charge is -2.20. The number of hydrogen-bond donors (Lipinski definition) is 1. The Morgan fingerprint density at radius 1 is 1.33 bits per heavy atom. The normalized spacial score (nSPS) is 13.8. The van der Waals surface area contributed by atoms with Crippen molar-refractivity contribution in [1.29, 1.82) is 0 Å². The van der Waals surface area contributed by atoms with E-state index in [1.54, 1.807) is 19.1 Å². The molecular weight excluding hydrogens is 347 g/mol. The molecule has 0 aliphatic heterocycles. The summed E-state index contributed by atoms with van der Waals surface area (Å²) in [6.45, 7) is 7.82. The van der Waals surface area contributed by atoms with Gasteiger partial charge in [-0.25, -0.2) is 9.37 Å². The first-order chi connectivity index (χ1) is 11.4. The van der Waals surface area contributed by atoms with E-state index in [1.807, 2.05) is 6.92 Å². The van der Waals surface area contributed by atoms with Crippen LogP contribution in [0.15, 0.2) is 28.2 Å². The Morgan fingerprint density at radius 3 is 2.62 bits per heavy atom. The van der Waals surface area contributed by atoms with Gasteiger partial charge in [0.05, 0.1) is 5.69 Å². The molecule has 3 nitrogen and oxygen atoms in total. The van der Waals surface area contributed by atoms with Gasteiger partial charge in [0.2, 0.25) is 0 Å². The van der Waals surface area contributed by atoms with Crippen molar-refractivity contribution in [2.75, 3.05) is 0 Å². The van der Waals surface area contributed by atoms with Crippen LogP contribution in [0.1, 0.15) is 56.4 Å². The molecule has 1 heterocycles. The zero-order valence-electron chi connectivity index (χ0n) is 14.3. The van der Waals surface area contributed by atoms with Crippen molar-refractivity contribution < 1.29 is 4.39 Å². The van der Waals surface area contributed by atoms with Crippen molar-refractivity contribution in [2.45, 2.75) is 56.9 Å². The molecule has 0 aliphatic carbocycles. The number of halogens is 2. The number of aromatic nitrogens is 2. The van der Waals surface area contributed by atoms with Gasteiger partial charge in [-0.15, -0.1) is 0 Å². The van der Waals surface area contributed by atoms with Crippen LogP contribution in [-0.2, 0) is 0 Å². The minimum atomic E-state index is -0.369. The van der Waals surface area contributed by atoms with Gasteiger partial charge in [0, 0.05) is 27.3 Å². The van der Waals surface area contributed by atoms with Crippen LogP contribution in [0, 0.1) is 12.7 Å². The van der Waals surface area contributed by atoms with E-state index < -0.39 is 0 Å². The van der Waals surface area contributed by atoms with Crippen LogP contribution in [0.4, 0.5) is 4.39 Å². The fourth-order valence-electron chi connectivity index (χ4n) is 2.58. The molecule has 24 heavy (non-hydrogen) atoms. The number of nitrogens with one attached hydrogen (secondary N) is 1. The zero-order valence-corrected chi connectivity index (χ0v) is 15.9. The number of nitrogens with zero attached hydrogens (tertiary/aromatic N) is 1. The van der Waals surface area contributed by atoms with Crippen LogP contribution in [-0.4, -0.2) is 15.2 Å². The maximum absolute atomic E-state index is 14.4. The Kier molecular flexibility index (Phi) is 6.47. The molecule has 6 heteroatoms. The molecule has 1 aromatic carbocycles. The first-order valence-electron chi connectivity index (χ1n) is 8.10. The molecule has 0 amide bonds. The number of hydrogen-bond acceptors (Lipinski definition) is 3. The first-order valence-corrected chi connectivity index (χ1v) is 9.36. The molecule has 130 valence electrons. The molecular formula is C18H22ClFN2OS. The minimum Gasteiger partial charge on any atom is -0.301 e. The molecule has 2 unspecified atom stereocenters. The highest BCUT2D eigenvalue weighted by Gasteiger charge is 2.24. The Balaban J connectivity index is 2.58. The largest absolute Gasteiger partial charge is 0.301 e. The topological polar surface area (TPSA) is 45.8 Å². The number of benzene rings is 1. The van der Waals surface area contributed by atoms with Crippen LogP contribution in [0.25, 0.3) is 0 Å². The summed E-state index contributed by atoms with van der Waals surface area (Å²) in [7, 11) is 0. The molecule has 0 spiro atoms. The SMILES string of the molecule is CCC(C)Sc1nc(C(CC)c2c(F)cccc2Cl)c(C)c(=O)[nH]1. The molecule has 1 aromatic heterocycles. The molecule has 0 radical (unpaired) electrons. The fraction of sp³-hybridized carbons (Fsp3) is 0.444. The average Bonchev–Trinajstić information content (AvgIpc) is 2.54. The second kappa shape index (κ2) is 8.17. The van der Waals surface area contributed by atoms with Gasteiger partial charge in [-0.3, -0.25) is 4.79 Å². The van der Waals surface area contributed by atoms with Gasteiger partial charge in [0.1, 0.15) is 5.82 Å². The number of thioether (sulfide) groups is 1. The van der Waals surface area contributed by atoms with Crippen LogP contribution in [0.3, 0.4) is 0 Å². The van der Waals surface area contributed by atoms with Gasteiger partial charge >= 0.3 is 0 Å². The van der Waals surface area contributed by atoms with Crippen LogP contribution in [0.5, 0.6) is 0 Å². The summed E-state index contributed by atoms with van der Waals surface area (Å²) in [6, 6.07) is 4.64. The van der Waals surface area contributed by atoms with E-state index in [9.17, 15) is 9.18 Å². The van der Waals surface area contributed by atoms with E-state index in [0.717, 1.165) is 6.42 Å². The van der Waals surface area contributed by atoms with Crippen molar-refractivity contribution in [3.05, 3.63) is 56.2 Å². The monoisotopic (exact) mass is 368 g/mol. The van der Waals surface area contributed by atoms with Crippen LogP contribution < -0.4 is 5.56 Å². The molecule has 2 atom stereocenters. The van der Waals surface area contributed by atoms with Crippen molar-refractivity contribution in [3.63, 3.8) is 0 Å². The molecule has 0 bridgehead atoms. The summed E-state index contributed by atoms with van der Waals surface area (Å²) >= 11 is 7.75. The van der Waals surface area contributed by atoms with Crippen LogP contribution in [0.2, 0.25) is 5.02 Å². The predicted octanol–water partition coefficient (Wildman–Crippen LogP) is 5.30. The standard InChI is InChI=1S/C18H22ClFN2OS/c1-5-10(3)24-18-21-16(11(4)17(23)22-18)12(6-2)15-13(19)8-7-9-14(15)20/h7-10,12H,5-6H2,1-4H3,(H,21,22,23). The van der Waals surface area contributed by atoms with E-state index in [4.69, 9.17) is 11.6 Å². The quantitative estimate of drug-likeness (QED) is 0.555. The summed E-state index contributed by atoms with van der Waals surface area (Å²) < 4.78 is 14.4. The second-order valence-corrected chi connectivity index (χ2v) is 7.65. The maximum Gasteiger partial charge on any atom is 0.254 e. The van der Waals surface area contributed by atoms with E-state index in [2.05, 4.69) is 23.8 Å². The highest BCUT2D eigenvalue weighted by Crippen LogP contribution is 2.35. The van der Waals surface area contributed by atoms with Crippen LogP contribution >= 0.6 is 23.4 Å². The summed E-state index contributed by atoms with van der Waals surface area (Å²) in [5.41, 5.74) is 1.33. The van der Waals surface area contributed by atoms with Gasteiger partial charge < -0.3 is 4.98 Å². The Hall–Kier alpha value is -1.33. The van der Waals surface area contributed by atoms with Gasteiger partial charge in [0.15, 0.2) is 5.16 Å². The summed E-state index contributed by atoms with van der Waals surface area (Å²) in [5, 5.41) is 1.26. The number of H-pyrrole nitrogens is 1. The average molecular weight is 369 g/mol. The maximum atomic E-state index is 14.4. The lowest BCUT2D eigenvalue weighted by atomic mass is 9.90.